The van der Waals surface area contributed by atoms with Crippen LogP contribution in [0.1, 0.15) is 26.7 Å². The van der Waals surface area contributed by atoms with Crippen molar-refractivity contribution in [3.05, 3.63) is 0 Å². The third-order valence-corrected chi connectivity index (χ3v) is 2.86. The molecule has 5 heteroatoms. The van der Waals surface area contributed by atoms with Gasteiger partial charge in [-0.25, -0.2) is 4.79 Å². The number of hydrogen-bond acceptors (Lipinski definition) is 3. The number of urea groups is 1. The highest BCUT2D eigenvalue weighted by molar-refractivity contribution is 5.74. The molecule has 1 unspecified atom stereocenters. The monoisotopic (exact) mass is 229 g/mol. The van der Waals surface area contributed by atoms with Crippen LogP contribution in [0, 0.1) is 0 Å². The average molecular weight is 229 g/mol. The third-order valence-electron chi connectivity index (χ3n) is 2.86. The first-order valence-electron chi connectivity index (χ1n) is 5.98. The minimum absolute atomic E-state index is 0.00331. The molecule has 5 nitrogen and oxygen atoms in total. The molecule has 1 heterocycles. The molecule has 1 rings (SSSR count). The number of hydrogen-bond donors (Lipinski definition) is 2. The largest absolute Gasteiger partial charge is 0.370 e. The summed E-state index contributed by atoms with van der Waals surface area (Å²) in [4.78, 5) is 13.6. The van der Waals surface area contributed by atoms with Crippen LogP contribution in [0.5, 0.6) is 0 Å². The van der Waals surface area contributed by atoms with Crippen LogP contribution >= 0.6 is 0 Å². The summed E-state index contributed by atoms with van der Waals surface area (Å²) in [6.45, 7) is 7.01. The Morgan fingerprint density at radius 2 is 2.38 bits per heavy atom. The zero-order valence-corrected chi connectivity index (χ0v) is 10.3. The molecule has 0 saturated carbocycles. The van der Waals surface area contributed by atoms with Crippen molar-refractivity contribution < 1.29 is 9.53 Å². The van der Waals surface area contributed by atoms with Crippen molar-refractivity contribution in [1.29, 1.82) is 0 Å². The molecule has 0 radical (unpaired) electrons. The van der Waals surface area contributed by atoms with Gasteiger partial charge in [-0.15, -0.1) is 0 Å². The summed E-state index contributed by atoms with van der Waals surface area (Å²) < 4.78 is 5.57. The summed E-state index contributed by atoms with van der Waals surface area (Å²) >= 11 is 0. The van der Waals surface area contributed by atoms with Gasteiger partial charge in [-0.1, -0.05) is 13.3 Å². The van der Waals surface area contributed by atoms with Gasteiger partial charge in [-0.2, -0.15) is 0 Å². The van der Waals surface area contributed by atoms with E-state index >= 15 is 0 Å². The standard InChI is InChI=1S/C11H23N3O2/c1-3-4-5-13-10(15)14-6-7-16-11(2,8-12)9-14/h3-9,12H2,1-2H3,(H,13,15). The molecule has 1 aliphatic rings. The minimum Gasteiger partial charge on any atom is -0.370 e. The van der Waals surface area contributed by atoms with E-state index in [1.54, 1.807) is 4.90 Å². The van der Waals surface area contributed by atoms with Gasteiger partial charge in [-0.3, -0.25) is 0 Å². The van der Waals surface area contributed by atoms with E-state index in [0.717, 1.165) is 19.4 Å². The van der Waals surface area contributed by atoms with E-state index in [1.165, 1.54) is 0 Å². The Bertz CT molecular complexity index is 235. The van der Waals surface area contributed by atoms with E-state index < -0.39 is 0 Å². The summed E-state index contributed by atoms with van der Waals surface area (Å²) in [7, 11) is 0. The lowest BCUT2D eigenvalue weighted by Gasteiger charge is -2.39. The molecule has 1 atom stereocenters. The van der Waals surface area contributed by atoms with Gasteiger partial charge in [-0.05, 0) is 13.3 Å². The maximum atomic E-state index is 11.8. The molecule has 1 aliphatic heterocycles. The SMILES string of the molecule is CCCCNC(=O)N1CCOC(C)(CN)C1. The van der Waals surface area contributed by atoms with E-state index in [4.69, 9.17) is 10.5 Å². The molecular formula is C11H23N3O2. The molecule has 0 bridgehead atoms. The predicted molar refractivity (Wildman–Crippen MR) is 63.3 cm³/mol. The Balaban J connectivity index is 2.38. The normalized spacial score (nSPS) is 25.6. The van der Waals surface area contributed by atoms with Crippen LogP contribution in [0.4, 0.5) is 4.79 Å². The Kier molecular flexibility index (Phi) is 5.02. The molecule has 0 aromatic carbocycles. The first kappa shape index (κ1) is 13.3. The molecule has 0 aromatic heterocycles. The van der Waals surface area contributed by atoms with Gasteiger partial charge in [0.05, 0.1) is 18.8 Å². The smallest absolute Gasteiger partial charge is 0.317 e. The molecule has 1 saturated heterocycles. The van der Waals surface area contributed by atoms with Gasteiger partial charge in [0, 0.05) is 19.6 Å². The van der Waals surface area contributed by atoms with Crippen LogP contribution in [0.15, 0.2) is 0 Å². The molecule has 0 aromatic rings. The quantitative estimate of drug-likeness (QED) is 0.692. The summed E-state index contributed by atoms with van der Waals surface area (Å²) in [6, 6.07) is -0.00331. The third kappa shape index (κ3) is 3.64. The maximum Gasteiger partial charge on any atom is 0.317 e. The number of unbranched alkanes of at least 4 members (excludes halogenated alkanes) is 1. The first-order chi connectivity index (χ1) is 7.61. The highest BCUT2D eigenvalue weighted by atomic mass is 16.5. The van der Waals surface area contributed by atoms with Crippen LogP contribution in [-0.4, -0.2) is 49.3 Å². The van der Waals surface area contributed by atoms with Crippen LogP contribution in [-0.2, 0) is 4.74 Å². The molecule has 0 spiro atoms. The lowest BCUT2D eigenvalue weighted by atomic mass is 10.1. The topological polar surface area (TPSA) is 67.6 Å². The van der Waals surface area contributed by atoms with Gasteiger partial charge < -0.3 is 20.7 Å². The maximum absolute atomic E-state index is 11.8. The van der Waals surface area contributed by atoms with Crippen LogP contribution in [0.25, 0.3) is 0 Å². The van der Waals surface area contributed by atoms with Gasteiger partial charge >= 0.3 is 6.03 Å². The van der Waals surface area contributed by atoms with Gasteiger partial charge in [0.1, 0.15) is 0 Å². The Hall–Kier alpha value is -0.810. The van der Waals surface area contributed by atoms with E-state index in [-0.39, 0.29) is 11.6 Å². The highest BCUT2D eigenvalue weighted by Crippen LogP contribution is 2.15. The zero-order chi connectivity index (χ0) is 12.0. The highest BCUT2D eigenvalue weighted by Gasteiger charge is 2.32. The Morgan fingerprint density at radius 1 is 1.62 bits per heavy atom. The lowest BCUT2D eigenvalue weighted by molar-refractivity contribution is -0.0791. The summed E-state index contributed by atoms with van der Waals surface area (Å²) in [5, 5.41) is 2.91. The fraction of sp³-hybridized carbons (Fsp3) is 0.909. The van der Waals surface area contributed by atoms with Gasteiger partial charge in [0.25, 0.3) is 0 Å². The van der Waals surface area contributed by atoms with Crippen molar-refractivity contribution in [1.82, 2.24) is 10.2 Å². The van der Waals surface area contributed by atoms with Crippen molar-refractivity contribution in [2.75, 3.05) is 32.8 Å². The molecule has 1 fully saturated rings. The number of carbonyl (C=O) groups is 1. The number of nitrogens with zero attached hydrogens (tertiary/aromatic N) is 1. The molecule has 2 amide bonds. The molecule has 3 N–H and O–H groups in total. The Labute approximate surface area is 97.3 Å². The molecule has 16 heavy (non-hydrogen) atoms. The van der Waals surface area contributed by atoms with Crippen LogP contribution < -0.4 is 11.1 Å². The van der Waals surface area contributed by atoms with E-state index in [9.17, 15) is 4.79 Å². The van der Waals surface area contributed by atoms with E-state index in [2.05, 4.69) is 12.2 Å². The number of carbonyl (C=O) groups excluding carboxylic acids is 1. The first-order valence-corrected chi connectivity index (χ1v) is 5.98. The fourth-order valence-corrected chi connectivity index (χ4v) is 1.71. The van der Waals surface area contributed by atoms with E-state index in [0.29, 0.717) is 26.2 Å². The van der Waals surface area contributed by atoms with Crippen molar-refractivity contribution in [3.63, 3.8) is 0 Å². The van der Waals surface area contributed by atoms with Gasteiger partial charge in [0.15, 0.2) is 0 Å². The second kappa shape index (κ2) is 6.06. The van der Waals surface area contributed by atoms with Crippen molar-refractivity contribution in [2.45, 2.75) is 32.3 Å². The molecular weight excluding hydrogens is 206 g/mol. The Morgan fingerprint density at radius 3 is 3.00 bits per heavy atom. The number of amides is 2. The van der Waals surface area contributed by atoms with Gasteiger partial charge in [0.2, 0.25) is 0 Å². The van der Waals surface area contributed by atoms with Crippen molar-refractivity contribution >= 4 is 6.03 Å². The zero-order valence-electron chi connectivity index (χ0n) is 10.3. The van der Waals surface area contributed by atoms with Crippen molar-refractivity contribution in [3.8, 4) is 0 Å². The molecule has 0 aliphatic carbocycles. The summed E-state index contributed by atoms with van der Waals surface area (Å²) in [6.07, 6.45) is 2.11. The molecule has 94 valence electrons. The second-order valence-electron chi connectivity index (χ2n) is 4.51. The van der Waals surface area contributed by atoms with E-state index in [1.807, 2.05) is 6.92 Å². The van der Waals surface area contributed by atoms with Crippen LogP contribution in [0.2, 0.25) is 0 Å². The van der Waals surface area contributed by atoms with Crippen LogP contribution in [0.3, 0.4) is 0 Å². The summed E-state index contributed by atoms with van der Waals surface area (Å²) in [5.41, 5.74) is 5.25. The lowest BCUT2D eigenvalue weighted by Crippen LogP contribution is -2.57. The predicted octanol–water partition coefficient (Wildman–Crippen LogP) is 0.546. The fourth-order valence-electron chi connectivity index (χ4n) is 1.71. The number of nitrogens with two attached hydrogens (primary N) is 1. The number of rotatable bonds is 4. The number of nitrogens with one attached hydrogen (secondary N) is 1. The average Bonchev–Trinajstić information content (AvgIpc) is 2.29. The van der Waals surface area contributed by atoms with Crippen molar-refractivity contribution in [2.24, 2.45) is 5.73 Å². The summed E-state index contributed by atoms with van der Waals surface area (Å²) in [5.74, 6) is 0. The number of ether oxygens (including phenoxy) is 1. The second-order valence-corrected chi connectivity index (χ2v) is 4.51. The minimum atomic E-state index is -0.389. The number of morpholine rings is 1.